The van der Waals surface area contributed by atoms with Gasteiger partial charge in [0.25, 0.3) is 0 Å². The van der Waals surface area contributed by atoms with Crippen molar-refractivity contribution in [2.75, 3.05) is 0 Å². The molecule has 1 aliphatic rings. The Bertz CT molecular complexity index is 348. The molecule has 0 spiro atoms. The normalized spacial score (nSPS) is 19.8. The molecule has 3 heteroatoms. The van der Waals surface area contributed by atoms with Crippen molar-refractivity contribution in [1.29, 1.82) is 0 Å². The third-order valence-electron chi connectivity index (χ3n) is 2.67. The van der Waals surface area contributed by atoms with Gasteiger partial charge in [0, 0.05) is 6.04 Å². The maximum Gasteiger partial charge on any atom is 0.0953 e. The summed E-state index contributed by atoms with van der Waals surface area (Å²) in [7, 11) is 0. The van der Waals surface area contributed by atoms with Crippen molar-refractivity contribution in [3.63, 3.8) is 0 Å². The summed E-state index contributed by atoms with van der Waals surface area (Å²) in [5.74, 6) is 0. The molecule has 2 rings (SSSR count). The molecule has 0 saturated heterocycles. The van der Waals surface area contributed by atoms with Crippen LogP contribution in [0.25, 0.3) is 6.08 Å². The topological polar surface area (TPSA) is 38.0 Å². The van der Waals surface area contributed by atoms with E-state index in [0.29, 0.717) is 6.04 Å². The van der Waals surface area contributed by atoms with Crippen LogP contribution < -0.4 is 0 Å². The van der Waals surface area contributed by atoms with Gasteiger partial charge in [0.1, 0.15) is 0 Å². The van der Waals surface area contributed by atoms with E-state index in [-0.39, 0.29) is 6.10 Å². The van der Waals surface area contributed by atoms with Gasteiger partial charge in [-0.15, -0.1) is 0 Å². The molecule has 0 aromatic carbocycles. The highest BCUT2D eigenvalue weighted by atomic mass is 16.3. The van der Waals surface area contributed by atoms with Gasteiger partial charge in [-0.05, 0) is 38.3 Å². The molecule has 1 N–H and O–H groups in total. The van der Waals surface area contributed by atoms with Gasteiger partial charge in [0.2, 0.25) is 0 Å². The standard InChI is InChI=1S/C11H16N2O/c1-8(9(2)14)5-11-6-12-7-13(11)10-3-4-10/h5-7,9-10,14H,3-4H2,1-2H3/b8-5+. The Morgan fingerprint density at radius 2 is 2.43 bits per heavy atom. The van der Waals surface area contributed by atoms with Crippen LogP contribution >= 0.6 is 0 Å². The minimum absolute atomic E-state index is 0.377. The van der Waals surface area contributed by atoms with Gasteiger partial charge in [0.05, 0.1) is 24.3 Å². The Hall–Kier alpha value is -1.09. The summed E-state index contributed by atoms with van der Waals surface area (Å²) < 4.78 is 2.19. The first-order chi connectivity index (χ1) is 6.68. The summed E-state index contributed by atoms with van der Waals surface area (Å²) in [5.41, 5.74) is 2.08. The largest absolute Gasteiger partial charge is 0.389 e. The second-order valence-electron chi connectivity index (χ2n) is 4.02. The number of hydrogen-bond acceptors (Lipinski definition) is 2. The highest BCUT2D eigenvalue weighted by Crippen LogP contribution is 2.36. The summed E-state index contributed by atoms with van der Waals surface area (Å²) >= 11 is 0. The first-order valence-electron chi connectivity index (χ1n) is 5.06. The average Bonchev–Trinajstić information content (AvgIpc) is 2.88. The van der Waals surface area contributed by atoms with E-state index in [0.717, 1.165) is 11.3 Å². The Kier molecular flexibility index (Phi) is 2.42. The maximum absolute atomic E-state index is 9.37. The molecule has 0 amide bonds. The number of rotatable bonds is 3. The van der Waals surface area contributed by atoms with E-state index in [1.165, 1.54) is 12.8 Å². The molecule has 3 nitrogen and oxygen atoms in total. The van der Waals surface area contributed by atoms with E-state index in [1.807, 2.05) is 25.5 Å². The summed E-state index contributed by atoms with van der Waals surface area (Å²) in [6.45, 7) is 3.72. The summed E-state index contributed by atoms with van der Waals surface area (Å²) in [6.07, 6.45) is 7.87. The molecule has 14 heavy (non-hydrogen) atoms. The molecular weight excluding hydrogens is 176 g/mol. The van der Waals surface area contributed by atoms with Crippen molar-refractivity contribution in [2.45, 2.75) is 38.8 Å². The highest BCUT2D eigenvalue weighted by Gasteiger charge is 2.24. The first kappa shape index (κ1) is 9.46. The lowest BCUT2D eigenvalue weighted by Crippen LogP contribution is -2.02. The van der Waals surface area contributed by atoms with Crippen LogP contribution in [-0.4, -0.2) is 20.8 Å². The first-order valence-corrected chi connectivity index (χ1v) is 5.06. The van der Waals surface area contributed by atoms with Crippen LogP contribution in [0.1, 0.15) is 38.4 Å². The minimum atomic E-state index is -0.377. The van der Waals surface area contributed by atoms with Gasteiger partial charge in [-0.3, -0.25) is 0 Å². The molecule has 1 aromatic rings. The molecule has 76 valence electrons. The van der Waals surface area contributed by atoms with Crippen LogP contribution in [0.5, 0.6) is 0 Å². The lowest BCUT2D eigenvalue weighted by atomic mass is 10.1. The predicted octanol–water partition coefficient (Wildman–Crippen LogP) is 2.00. The van der Waals surface area contributed by atoms with E-state index in [2.05, 4.69) is 9.55 Å². The van der Waals surface area contributed by atoms with Crippen molar-refractivity contribution in [1.82, 2.24) is 9.55 Å². The van der Waals surface area contributed by atoms with Crippen molar-refractivity contribution in [3.8, 4) is 0 Å². The molecule has 0 aliphatic heterocycles. The zero-order chi connectivity index (χ0) is 10.1. The van der Waals surface area contributed by atoms with Crippen LogP contribution in [-0.2, 0) is 0 Å². The second-order valence-corrected chi connectivity index (χ2v) is 4.02. The van der Waals surface area contributed by atoms with Crippen LogP contribution in [0.2, 0.25) is 0 Å². The van der Waals surface area contributed by atoms with E-state index in [1.54, 1.807) is 6.92 Å². The zero-order valence-corrected chi connectivity index (χ0v) is 8.64. The SMILES string of the molecule is C/C(=C\c1cncn1C1CC1)C(C)O. The van der Waals surface area contributed by atoms with Crippen LogP contribution in [0.15, 0.2) is 18.1 Å². The van der Waals surface area contributed by atoms with Crippen LogP contribution in [0.4, 0.5) is 0 Å². The number of aliphatic hydroxyl groups excluding tert-OH is 1. The summed E-state index contributed by atoms with van der Waals surface area (Å²) in [4.78, 5) is 4.13. The fourth-order valence-corrected chi connectivity index (χ4v) is 1.44. The highest BCUT2D eigenvalue weighted by molar-refractivity contribution is 5.49. The van der Waals surface area contributed by atoms with Gasteiger partial charge in [-0.1, -0.05) is 0 Å². The molecular formula is C11H16N2O. The fourth-order valence-electron chi connectivity index (χ4n) is 1.44. The summed E-state index contributed by atoms with van der Waals surface area (Å²) in [5, 5.41) is 9.37. The molecule has 0 radical (unpaired) electrons. The van der Waals surface area contributed by atoms with Crippen molar-refractivity contribution >= 4 is 6.08 Å². The molecule has 1 unspecified atom stereocenters. The van der Waals surface area contributed by atoms with Crippen molar-refractivity contribution in [2.24, 2.45) is 0 Å². The van der Waals surface area contributed by atoms with E-state index in [9.17, 15) is 5.11 Å². The third-order valence-corrected chi connectivity index (χ3v) is 2.67. The number of imidazole rings is 1. The Morgan fingerprint density at radius 3 is 3.00 bits per heavy atom. The molecule has 1 aromatic heterocycles. The van der Waals surface area contributed by atoms with Gasteiger partial charge in [0.15, 0.2) is 0 Å². The van der Waals surface area contributed by atoms with E-state index >= 15 is 0 Å². The smallest absolute Gasteiger partial charge is 0.0953 e. The molecule has 0 bridgehead atoms. The second kappa shape index (κ2) is 3.58. The third kappa shape index (κ3) is 1.87. The maximum atomic E-state index is 9.37. The van der Waals surface area contributed by atoms with Gasteiger partial charge < -0.3 is 9.67 Å². The Morgan fingerprint density at radius 1 is 1.71 bits per heavy atom. The van der Waals surface area contributed by atoms with Crippen molar-refractivity contribution < 1.29 is 5.11 Å². The molecule has 1 aliphatic carbocycles. The zero-order valence-electron chi connectivity index (χ0n) is 8.64. The van der Waals surface area contributed by atoms with Gasteiger partial charge in [-0.25, -0.2) is 4.98 Å². The lowest BCUT2D eigenvalue weighted by Gasteiger charge is -2.06. The minimum Gasteiger partial charge on any atom is -0.389 e. The Balaban J connectivity index is 2.23. The van der Waals surface area contributed by atoms with Crippen LogP contribution in [0.3, 0.4) is 0 Å². The average molecular weight is 192 g/mol. The predicted molar refractivity (Wildman–Crippen MR) is 55.8 cm³/mol. The number of nitrogens with zero attached hydrogens (tertiary/aromatic N) is 2. The molecule has 1 atom stereocenters. The van der Waals surface area contributed by atoms with E-state index < -0.39 is 0 Å². The summed E-state index contributed by atoms with van der Waals surface area (Å²) in [6, 6.07) is 0.644. The van der Waals surface area contributed by atoms with Crippen LogP contribution in [0, 0.1) is 0 Å². The molecule has 1 saturated carbocycles. The van der Waals surface area contributed by atoms with E-state index in [4.69, 9.17) is 0 Å². The number of aromatic nitrogens is 2. The van der Waals surface area contributed by atoms with Crippen molar-refractivity contribution in [3.05, 3.63) is 23.8 Å². The number of aliphatic hydroxyl groups is 1. The monoisotopic (exact) mass is 192 g/mol. The van der Waals surface area contributed by atoms with Gasteiger partial charge >= 0.3 is 0 Å². The molecule has 1 heterocycles. The fraction of sp³-hybridized carbons (Fsp3) is 0.545. The van der Waals surface area contributed by atoms with Gasteiger partial charge in [-0.2, -0.15) is 0 Å². The number of hydrogen-bond donors (Lipinski definition) is 1. The quantitative estimate of drug-likeness (QED) is 0.795. The Labute approximate surface area is 84.1 Å². The molecule has 1 fully saturated rings. The lowest BCUT2D eigenvalue weighted by molar-refractivity contribution is 0.232.